The Morgan fingerprint density at radius 3 is 1.87 bits per heavy atom. The summed E-state index contributed by atoms with van der Waals surface area (Å²) in [7, 11) is -4.03. The van der Waals surface area contributed by atoms with Crippen molar-refractivity contribution in [2.45, 2.75) is 39.8 Å². The molecule has 92 valence electrons. The minimum atomic E-state index is -4.03. The van der Waals surface area contributed by atoms with Gasteiger partial charge in [0.05, 0.1) is 6.10 Å². The van der Waals surface area contributed by atoms with Gasteiger partial charge in [0.2, 0.25) is 0 Å². The summed E-state index contributed by atoms with van der Waals surface area (Å²) in [4.78, 5) is 0. The van der Waals surface area contributed by atoms with Crippen LogP contribution in [0.15, 0.2) is 0 Å². The molecular weight excluding hydrogens is 218 g/mol. The van der Waals surface area contributed by atoms with E-state index < -0.39 is 22.1 Å². The summed E-state index contributed by atoms with van der Waals surface area (Å²) in [5.41, 5.74) is 0. The Hall–Kier alpha value is -0.170. The quantitative estimate of drug-likeness (QED) is 0.586. The van der Waals surface area contributed by atoms with Crippen LogP contribution in [0.4, 0.5) is 0 Å². The van der Waals surface area contributed by atoms with Crippen molar-refractivity contribution in [3.63, 3.8) is 0 Å². The molecule has 15 heavy (non-hydrogen) atoms. The monoisotopic (exact) mass is 239 g/mol. The Morgan fingerprint density at radius 1 is 1.13 bits per heavy atom. The third-order valence-corrected chi connectivity index (χ3v) is 2.80. The average molecular weight is 239 g/mol. The predicted octanol–water partition coefficient (Wildman–Crippen LogP) is 0.463. The van der Waals surface area contributed by atoms with Gasteiger partial charge in [0.25, 0.3) is 10.1 Å². The molecule has 0 saturated heterocycles. The van der Waals surface area contributed by atoms with Gasteiger partial charge in [-0.15, -0.1) is 0 Å². The maximum Gasteiger partial charge on any atom is 0.278 e. The van der Waals surface area contributed by atoms with Crippen molar-refractivity contribution in [1.82, 2.24) is 5.32 Å². The van der Waals surface area contributed by atoms with Gasteiger partial charge in [-0.1, -0.05) is 27.7 Å². The highest BCUT2D eigenvalue weighted by Crippen LogP contribution is 2.13. The molecule has 0 aliphatic carbocycles. The molecular formula is C9H21NO4S. The minimum absolute atomic E-state index is 0.0336. The van der Waals surface area contributed by atoms with Crippen molar-refractivity contribution in [3.8, 4) is 0 Å². The molecule has 0 aromatic heterocycles. The fraction of sp³-hybridized carbons (Fsp3) is 1.00. The highest BCUT2D eigenvalue weighted by molar-refractivity contribution is 7.85. The Labute approximate surface area is 91.6 Å². The highest BCUT2D eigenvalue weighted by atomic mass is 32.2. The van der Waals surface area contributed by atoms with Crippen LogP contribution in [0.25, 0.3) is 0 Å². The molecule has 6 heteroatoms. The van der Waals surface area contributed by atoms with Crippen LogP contribution in [-0.4, -0.2) is 36.1 Å². The topological polar surface area (TPSA) is 86.6 Å². The van der Waals surface area contributed by atoms with Crippen molar-refractivity contribution in [1.29, 1.82) is 0 Å². The van der Waals surface area contributed by atoms with Gasteiger partial charge < -0.3 is 5.11 Å². The molecule has 0 aliphatic rings. The van der Waals surface area contributed by atoms with Crippen LogP contribution in [0.1, 0.15) is 27.7 Å². The van der Waals surface area contributed by atoms with Crippen molar-refractivity contribution in [2.75, 3.05) is 5.88 Å². The Balaban J connectivity index is 4.42. The fourth-order valence-corrected chi connectivity index (χ4v) is 1.77. The maximum absolute atomic E-state index is 10.6. The summed E-state index contributed by atoms with van der Waals surface area (Å²) >= 11 is 0. The largest absolute Gasteiger partial charge is 0.391 e. The van der Waals surface area contributed by atoms with E-state index in [1.54, 1.807) is 0 Å². The molecule has 0 fully saturated rings. The van der Waals surface area contributed by atoms with Gasteiger partial charge in [0.15, 0.2) is 0 Å². The van der Waals surface area contributed by atoms with E-state index in [9.17, 15) is 13.5 Å². The van der Waals surface area contributed by atoms with Gasteiger partial charge >= 0.3 is 0 Å². The Kier molecular flexibility index (Phi) is 5.72. The van der Waals surface area contributed by atoms with E-state index in [4.69, 9.17) is 4.55 Å². The van der Waals surface area contributed by atoms with Gasteiger partial charge in [-0.25, -0.2) is 0 Å². The van der Waals surface area contributed by atoms with Gasteiger partial charge in [-0.05, 0) is 11.8 Å². The zero-order valence-electron chi connectivity index (χ0n) is 9.64. The molecule has 0 radical (unpaired) electrons. The smallest absolute Gasteiger partial charge is 0.278 e. The second-order valence-corrected chi connectivity index (χ2v) is 5.89. The normalized spacial score (nSPS) is 17.1. The Morgan fingerprint density at radius 2 is 1.60 bits per heavy atom. The first-order chi connectivity index (χ1) is 6.65. The first kappa shape index (κ1) is 14.8. The lowest BCUT2D eigenvalue weighted by Gasteiger charge is -2.29. The molecule has 2 unspecified atom stereocenters. The van der Waals surface area contributed by atoms with Crippen molar-refractivity contribution < 1.29 is 18.1 Å². The van der Waals surface area contributed by atoms with Gasteiger partial charge in [-0.3, -0.25) is 9.87 Å². The SMILES string of the molecule is CC(C)C(O)C(NCS(=O)(=O)O)C(C)C. The van der Waals surface area contributed by atoms with Crippen LogP contribution in [0.2, 0.25) is 0 Å². The molecule has 0 aliphatic heterocycles. The second kappa shape index (κ2) is 5.79. The van der Waals surface area contributed by atoms with E-state index in [1.165, 1.54) is 0 Å². The second-order valence-electron chi connectivity index (χ2n) is 4.43. The summed E-state index contributed by atoms with van der Waals surface area (Å²) in [6.45, 7) is 7.48. The lowest BCUT2D eigenvalue weighted by Crippen LogP contribution is -2.47. The number of nitrogens with one attached hydrogen (secondary N) is 1. The van der Waals surface area contributed by atoms with E-state index in [0.717, 1.165) is 0 Å². The molecule has 0 bridgehead atoms. The number of aliphatic hydroxyl groups is 1. The summed E-state index contributed by atoms with van der Waals surface area (Å²) in [5, 5.41) is 12.5. The number of aliphatic hydroxyl groups excluding tert-OH is 1. The first-order valence-electron chi connectivity index (χ1n) is 5.01. The molecule has 0 aromatic rings. The molecule has 0 saturated carbocycles. The average Bonchev–Trinajstić information content (AvgIpc) is 2.01. The summed E-state index contributed by atoms with van der Waals surface area (Å²) in [5.74, 6) is -0.407. The van der Waals surface area contributed by atoms with Crippen LogP contribution in [0, 0.1) is 11.8 Å². The van der Waals surface area contributed by atoms with E-state index in [2.05, 4.69) is 5.32 Å². The number of rotatable bonds is 6. The van der Waals surface area contributed by atoms with Crippen LogP contribution in [0.3, 0.4) is 0 Å². The highest BCUT2D eigenvalue weighted by Gasteiger charge is 2.25. The summed E-state index contributed by atoms with van der Waals surface area (Å²) in [6.07, 6.45) is -0.633. The molecule has 0 aromatic carbocycles. The predicted molar refractivity (Wildman–Crippen MR) is 59.0 cm³/mol. The molecule has 0 rings (SSSR count). The van der Waals surface area contributed by atoms with Crippen LogP contribution < -0.4 is 5.32 Å². The number of hydrogen-bond donors (Lipinski definition) is 3. The van der Waals surface area contributed by atoms with Gasteiger partial charge in [0.1, 0.15) is 5.88 Å². The lowest BCUT2D eigenvalue weighted by molar-refractivity contribution is 0.0669. The van der Waals surface area contributed by atoms with Crippen molar-refractivity contribution >= 4 is 10.1 Å². The van der Waals surface area contributed by atoms with Crippen LogP contribution >= 0.6 is 0 Å². The third-order valence-electron chi connectivity index (χ3n) is 2.27. The summed E-state index contributed by atoms with van der Waals surface area (Å²) in [6, 6.07) is -0.341. The van der Waals surface area contributed by atoms with Crippen LogP contribution in [-0.2, 0) is 10.1 Å². The molecule has 0 amide bonds. The number of hydrogen-bond acceptors (Lipinski definition) is 4. The first-order valence-corrected chi connectivity index (χ1v) is 6.62. The summed E-state index contributed by atoms with van der Waals surface area (Å²) < 4.78 is 29.7. The third kappa shape index (κ3) is 6.09. The molecule has 5 nitrogen and oxygen atoms in total. The van der Waals surface area contributed by atoms with E-state index in [1.807, 2.05) is 27.7 Å². The Bertz CT molecular complexity index is 274. The van der Waals surface area contributed by atoms with Crippen molar-refractivity contribution in [2.24, 2.45) is 11.8 Å². The van der Waals surface area contributed by atoms with E-state index in [-0.39, 0.29) is 17.9 Å². The van der Waals surface area contributed by atoms with Crippen LogP contribution in [0.5, 0.6) is 0 Å². The fourth-order valence-electron chi connectivity index (χ4n) is 1.37. The molecule has 0 spiro atoms. The molecule has 3 N–H and O–H groups in total. The zero-order valence-corrected chi connectivity index (χ0v) is 10.5. The van der Waals surface area contributed by atoms with Crippen molar-refractivity contribution in [3.05, 3.63) is 0 Å². The lowest BCUT2D eigenvalue weighted by atomic mass is 9.92. The zero-order chi connectivity index (χ0) is 12.2. The maximum atomic E-state index is 10.6. The molecule has 2 atom stereocenters. The van der Waals surface area contributed by atoms with E-state index >= 15 is 0 Å². The standard InChI is InChI=1S/C9H21NO4S/c1-6(2)8(9(11)7(3)4)10-5-15(12,13)14/h6-11H,5H2,1-4H3,(H,12,13,14). The van der Waals surface area contributed by atoms with Gasteiger partial charge in [0, 0.05) is 6.04 Å². The van der Waals surface area contributed by atoms with E-state index in [0.29, 0.717) is 0 Å². The molecule has 0 heterocycles. The minimum Gasteiger partial charge on any atom is -0.391 e. The van der Waals surface area contributed by atoms with Gasteiger partial charge in [-0.2, -0.15) is 8.42 Å².